The zero-order chi connectivity index (χ0) is 14.7. The molecule has 0 aliphatic carbocycles. The fraction of sp³-hybridized carbons (Fsp3) is 0.500. The van der Waals surface area contributed by atoms with Gasteiger partial charge in [0.1, 0.15) is 0 Å². The van der Waals surface area contributed by atoms with Crippen LogP contribution in [0.15, 0.2) is 18.2 Å². The number of carbonyl (C=O) groups is 1. The molecule has 1 aromatic carbocycles. The molecule has 0 spiro atoms. The highest BCUT2D eigenvalue weighted by Gasteiger charge is 2.36. The van der Waals surface area contributed by atoms with E-state index in [1.54, 1.807) is 30.2 Å². The summed E-state index contributed by atoms with van der Waals surface area (Å²) >= 11 is 12.5. The first kappa shape index (κ1) is 15.6. The van der Waals surface area contributed by atoms with Crippen molar-refractivity contribution < 1.29 is 9.53 Å². The van der Waals surface area contributed by atoms with Gasteiger partial charge in [0.25, 0.3) is 0 Å². The molecule has 0 aromatic heterocycles. The topological polar surface area (TPSA) is 55.6 Å². The Hall–Kier alpha value is -0.810. The maximum Gasteiger partial charge on any atom is 0.223 e. The van der Waals surface area contributed by atoms with E-state index in [0.29, 0.717) is 36.0 Å². The number of nitrogens with two attached hydrogens (primary N) is 1. The van der Waals surface area contributed by atoms with E-state index in [0.717, 1.165) is 5.56 Å². The summed E-state index contributed by atoms with van der Waals surface area (Å²) in [5.41, 5.74) is 6.95. The Labute approximate surface area is 128 Å². The SMILES string of the molecule is COCCN1C(=O)CCC(N)C1c1c(Cl)cccc1Cl. The van der Waals surface area contributed by atoms with Gasteiger partial charge in [-0.05, 0) is 18.6 Å². The fourth-order valence-electron chi connectivity index (χ4n) is 2.59. The molecule has 1 heterocycles. The lowest BCUT2D eigenvalue weighted by atomic mass is 9.90. The van der Waals surface area contributed by atoms with E-state index in [-0.39, 0.29) is 18.0 Å². The van der Waals surface area contributed by atoms with Gasteiger partial charge in [-0.25, -0.2) is 0 Å². The number of amides is 1. The third-order valence-electron chi connectivity index (χ3n) is 3.59. The molecule has 1 aliphatic rings. The number of ether oxygens (including phenoxy) is 1. The van der Waals surface area contributed by atoms with Crippen molar-refractivity contribution in [3.63, 3.8) is 0 Å². The first-order valence-corrected chi connectivity index (χ1v) is 7.29. The summed E-state index contributed by atoms with van der Waals surface area (Å²) < 4.78 is 5.07. The molecule has 0 saturated carbocycles. The van der Waals surface area contributed by atoms with Gasteiger partial charge in [0.15, 0.2) is 0 Å². The number of rotatable bonds is 4. The molecule has 2 unspecified atom stereocenters. The van der Waals surface area contributed by atoms with Crippen molar-refractivity contribution in [2.75, 3.05) is 20.3 Å². The molecule has 1 aliphatic heterocycles. The molecule has 1 amide bonds. The van der Waals surface area contributed by atoms with Crippen LogP contribution < -0.4 is 5.73 Å². The highest BCUT2D eigenvalue weighted by atomic mass is 35.5. The largest absolute Gasteiger partial charge is 0.383 e. The van der Waals surface area contributed by atoms with Crippen molar-refractivity contribution in [1.29, 1.82) is 0 Å². The van der Waals surface area contributed by atoms with Gasteiger partial charge < -0.3 is 15.4 Å². The molecule has 1 saturated heterocycles. The zero-order valence-electron chi connectivity index (χ0n) is 11.3. The van der Waals surface area contributed by atoms with E-state index in [1.165, 1.54) is 0 Å². The van der Waals surface area contributed by atoms with E-state index >= 15 is 0 Å². The Bertz CT molecular complexity index is 476. The molecule has 1 aromatic rings. The van der Waals surface area contributed by atoms with Crippen molar-refractivity contribution in [2.24, 2.45) is 5.73 Å². The number of piperidine rings is 1. The number of carbonyl (C=O) groups excluding carboxylic acids is 1. The molecule has 6 heteroatoms. The lowest BCUT2D eigenvalue weighted by Gasteiger charge is -2.40. The number of hydrogen-bond acceptors (Lipinski definition) is 3. The van der Waals surface area contributed by atoms with Gasteiger partial charge in [0.05, 0.1) is 12.6 Å². The minimum absolute atomic E-state index is 0.0599. The second kappa shape index (κ2) is 6.76. The third-order valence-corrected chi connectivity index (χ3v) is 4.24. The Morgan fingerprint density at radius 2 is 2.05 bits per heavy atom. The highest BCUT2D eigenvalue weighted by Crippen LogP contribution is 2.38. The average Bonchev–Trinajstić information content (AvgIpc) is 2.41. The molecule has 2 atom stereocenters. The molecule has 20 heavy (non-hydrogen) atoms. The Morgan fingerprint density at radius 1 is 1.40 bits per heavy atom. The summed E-state index contributed by atoms with van der Waals surface area (Å²) in [6.07, 6.45) is 1.08. The van der Waals surface area contributed by atoms with Crippen LogP contribution in [0, 0.1) is 0 Å². The molecule has 110 valence electrons. The molecule has 0 radical (unpaired) electrons. The number of likely N-dealkylation sites (tertiary alicyclic amines) is 1. The lowest BCUT2D eigenvalue weighted by molar-refractivity contribution is -0.138. The van der Waals surface area contributed by atoms with Gasteiger partial charge in [-0.1, -0.05) is 29.3 Å². The maximum absolute atomic E-state index is 12.2. The maximum atomic E-state index is 12.2. The number of methoxy groups -OCH3 is 1. The van der Waals surface area contributed by atoms with Crippen LogP contribution in [0.3, 0.4) is 0 Å². The standard InChI is InChI=1S/C14H18Cl2N2O2/c1-20-8-7-18-12(19)6-5-11(17)14(18)13-9(15)3-2-4-10(13)16/h2-4,11,14H,5-8,17H2,1H3. The lowest BCUT2D eigenvalue weighted by Crippen LogP contribution is -2.50. The Morgan fingerprint density at radius 3 is 2.65 bits per heavy atom. The molecule has 1 fully saturated rings. The van der Waals surface area contributed by atoms with Gasteiger partial charge in [0.2, 0.25) is 5.91 Å². The van der Waals surface area contributed by atoms with Gasteiger partial charge in [0, 0.05) is 41.7 Å². The fourth-order valence-corrected chi connectivity index (χ4v) is 3.22. The van der Waals surface area contributed by atoms with Crippen LogP contribution >= 0.6 is 23.2 Å². The van der Waals surface area contributed by atoms with Gasteiger partial charge in [-0.15, -0.1) is 0 Å². The predicted molar refractivity (Wildman–Crippen MR) is 80.0 cm³/mol. The van der Waals surface area contributed by atoms with Crippen molar-refractivity contribution in [3.05, 3.63) is 33.8 Å². The minimum Gasteiger partial charge on any atom is -0.383 e. The summed E-state index contributed by atoms with van der Waals surface area (Å²) in [6, 6.07) is 4.84. The number of nitrogens with zero attached hydrogens (tertiary/aromatic N) is 1. The molecular formula is C14H18Cl2N2O2. The van der Waals surface area contributed by atoms with E-state index in [1.807, 2.05) is 0 Å². The third kappa shape index (κ3) is 3.09. The molecule has 4 nitrogen and oxygen atoms in total. The number of benzene rings is 1. The molecule has 2 rings (SSSR count). The summed E-state index contributed by atoms with van der Waals surface area (Å²) in [6.45, 7) is 0.937. The van der Waals surface area contributed by atoms with Crippen molar-refractivity contribution in [1.82, 2.24) is 4.90 Å². The Kier molecular flexibility index (Phi) is 5.27. The Balaban J connectivity index is 2.39. The average molecular weight is 317 g/mol. The van der Waals surface area contributed by atoms with E-state index in [9.17, 15) is 4.79 Å². The van der Waals surface area contributed by atoms with Crippen molar-refractivity contribution in [2.45, 2.75) is 24.9 Å². The smallest absolute Gasteiger partial charge is 0.223 e. The van der Waals surface area contributed by atoms with Crippen LogP contribution in [0.2, 0.25) is 10.0 Å². The summed E-state index contributed by atoms with van der Waals surface area (Å²) in [5.74, 6) is 0.0599. The first-order chi connectivity index (χ1) is 9.56. The van der Waals surface area contributed by atoms with Crippen molar-refractivity contribution >= 4 is 29.1 Å². The quantitative estimate of drug-likeness (QED) is 0.929. The highest BCUT2D eigenvalue weighted by molar-refractivity contribution is 6.36. The number of hydrogen-bond donors (Lipinski definition) is 1. The van der Waals surface area contributed by atoms with E-state index in [4.69, 9.17) is 33.7 Å². The van der Waals surface area contributed by atoms with Crippen molar-refractivity contribution in [3.8, 4) is 0 Å². The van der Waals surface area contributed by atoms with Crippen LogP contribution in [0.4, 0.5) is 0 Å². The van der Waals surface area contributed by atoms with Crippen LogP contribution in [-0.2, 0) is 9.53 Å². The zero-order valence-corrected chi connectivity index (χ0v) is 12.8. The normalized spacial score (nSPS) is 23.2. The predicted octanol–water partition coefficient (Wildman–Crippen LogP) is 2.63. The second-order valence-electron chi connectivity index (χ2n) is 4.86. The van der Waals surface area contributed by atoms with E-state index < -0.39 is 0 Å². The molecule has 2 N–H and O–H groups in total. The van der Waals surface area contributed by atoms with Gasteiger partial charge >= 0.3 is 0 Å². The second-order valence-corrected chi connectivity index (χ2v) is 5.68. The summed E-state index contributed by atoms with van der Waals surface area (Å²) in [4.78, 5) is 13.9. The molecular weight excluding hydrogens is 299 g/mol. The molecule has 0 bridgehead atoms. The van der Waals surface area contributed by atoms with Gasteiger partial charge in [-0.3, -0.25) is 4.79 Å². The van der Waals surface area contributed by atoms with Crippen LogP contribution in [0.1, 0.15) is 24.4 Å². The minimum atomic E-state index is -0.299. The van der Waals surface area contributed by atoms with Crippen LogP contribution in [0.25, 0.3) is 0 Å². The first-order valence-electron chi connectivity index (χ1n) is 6.54. The van der Waals surface area contributed by atoms with Gasteiger partial charge in [-0.2, -0.15) is 0 Å². The van der Waals surface area contributed by atoms with Crippen LogP contribution in [0.5, 0.6) is 0 Å². The number of halogens is 2. The summed E-state index contributed by atoms with van der Waals surface area (Å²) in [5, 5.41) is 1.07. The van der Waals surface area contributed by atoms with E-state index in [2.05, 4.69) is 0 Å². The monoisotopic (exact) mass is 316 g/mol. The summed E-state index contributed by atoms with van der Waals surface area (Å²) in [7, 11) is 1.60. The van der Waals surface area contributed by atoms with Crippen LogP contribution in [-0.4, -0.2) is 37.1 Å².